The van der Waals surface area contributed by atoms with E-state index in [1.165, 1.54) is 22.6 Å². The van der Waals surface area contributed by atoms with Gasteiger partial charge in [-0.2, -0.15) is 0 Å². The molecule has 0 bridgehead atoms. The molecule has 1 fully saturated rings. The molecule has 4 rings (SSSR count). The Morgan fingerprint density at radius 3 is 1.43 bits per heavy atom. The van der Waals surface area contributed by atoms with Crippen molar-refractivity contribution in [2.24, 2.45) is 0 Å². The van der Waals surface area contributed by atoms with Gasteiger partial charge in [-0.25, -0.2) is 14.4 Å². The molecule has 246 valence electrons. The topological polar surface area (TPSA) is 311 Å². The van der Waals surface area contributed by atoms with E-state index in [2.05, 4.69) is 0 Å². The van der Waals surface area contributed by atoms with E-state index in [0.29, 0.717) is 24.3 Å². The van der Waals surface area contributed by atoms with Crippen molar-refractivity contribution >= 4 is 40.5 Å². The number of phenols is 9. The smallest absolute Gasteiger partial charge is 0.341 e. The first-order valence-corrected chi connectivity index (χ1v) is 13.6. The molecule has 0 unspecified atom stereocenters. The Morgan fingerprint density at radius 1 is 0.652 bits per heavy atom. The van der Waals surface area contributed by atoms with Crippen LogP contribution in [0.3, 0.4) is 0 Å². The summed E-state index contributed by atoms with van der Waals surface area (Å²) in [5.74, 6) is -12.4. The van der Waals surface area contributed by atoms with E-state index < -0.39 is 121 Å². The van der Waals surface area contributed by atoms with Crippen LogP contribution >= 0.6 is 22.6 Å². The van der Waals surface area contributed by atoms with Gasteiger partial charge in [-0.05, 0) is 36.4 Å². The lowest BCUT2D eigenvalue weighted by Gasteiger charge is -2.45. The third-order valence-electron chi connectivity index (χ3n) is 6.46. The lowest BCUT2D eigenvalue weighted by Crippen LogP contribution is -2.65. The van der Waals surface area contributed by atoms with Crippen molar-refractivity contribution in [3.8, 4) is 51.7 Å². The zero-order valence-electron chi connectivity index (χ0n) is 22.6. The van der Waals surface area contributed by atoms with E-state index in [9.17, 15) is 70.6 Å². The highest BCUT2D eigenvalue weighted by Crippen LogP contribution is 2.42. The van der Waals surface area contributed by atoms with Gasteiger partial charge in [0.1, 0.15) is 18.8 Å². The summed E-state index contributed by atoms with van der Waals surface area (Å²) in [6.07, 6.45) is -8.21. The highest BCUT2D eigenvalue weighted by Gasteiger charge is 2.57. The zero-order valence-corrected chi connectivity index (χ0v) is 24.8. The summed E-state index contributed by atoms with van der Waals surface area (Å²) in [4.78, 5) is 38.4. The van der Waals surface area contributed by atoms with E-state index >= 15 is 0 Å². The maximum absolute atomic E-state index is 12.9. The molecule has 0 saturated carbocycles. The maximum atomic E-state index is 12.9. The van der Waals surface area contributed by atoms with Crippen molar-refractivity contribution in [2.45, 2.75) is 28.2 Å². The summed E-state index contributed by atoms with van der Waals surface area (Å²) < 4.78 is 18.4. The number of benzene rings is 3. The predicted molar refractivity (Wildman–Crippen MR) is 153 cm³/mol. The van der Waals surface area contributed by atoms with E-state index in [0.717, 1.165) is 12.1 Å². The maximum Gasteiger partial charge on any atom is 0.341 e. The number of aliphatic hydroxyl groups excluding tert-OH is 2. The van der Waals surface area contributed by atoms with Gasteiger partial charge in [0.05, 0.1) is 16.7 Å². The van der Waals surface area contributed by atoms with E-state index in [-0.39, 0.29) is 0 Å². The largest absolute Gasteiger partial charge is 0.504 e. The lowest BCUT2D eigenvalue weighted by atomic mass is 9.98. The quantitative estimate of drug-likeness (QED) is 0.0513. The van der Waals surface area contributed by atoms with E-state index in [1.807, 2.05) is 0 Å². The number of carbonyl (C=O) groups excluding carboxylic acids is 3. The van der Waals surface area contributed by atoms with Crippen LogP contribution in [0.25, 0.3) is 0 Å². The van der Waals surface area contributed by atoms with Gasteiger partial charge in [-0.3, -0.25) is 0 Å². The monoisotopic (exact) mass is 762 g/mol. The first-order chi connectivity index (χ1) is 21.4. The van der Waals surface area contributed by atoms with Crippen LogP contribution in [-0.4, -0.2) is 109 Å². The number of aliphatic hydroxyl groups is 2. The Kier molecular flexibility index (Phi) is 9.33. The SMILES string of the molecule is O=C(OC[C@H]1O[C@](I)(OC(=O)c2cc(O)c(O)c(O)c2)[C@H](O)[C@@H](OC(=O)c2cc(O)c(O)c(O)c2)[C@@H]1O)c1cc(O)c(O)c(O)c1. The second kappa shape index (κ2) is 12.7. The first-order valence-electron chi connectivity index (χ1n) is 12.5. The summed E-state index contributed by atoms with van der Waals surface area (Å²) in [5.41, 5.74) is -1.64. The molecule has 11 N–H and O–H groups in total. The zero-order chi connectivity index (χ0) is 34.2. The fourth-order valence-electron chi connectivity index (χ4n) is 4.08. The van der Waals surface area contributed by atoms with Crippen LogP contribution in [0.4, 0.5) is 0 Å². The molecule has 0 aromatic heterocycles. The van der Waals surface area contributed by atoms with Crippen LogP contribution in [-0.2, 0) is 18.9 Å². The molecule has 0 radical (unpaired) electrons. The number of carbonyl (C=O) groups is 3. The van der Waals surface area contributed by atoms with Gasteiger partial charge in [0.2, 0.25) is 0 Å². The number of phenolic OH excluding ortho intramolecular Hbond substituents is 9. The molecule has 46 heavy (non-hydrogen) atoms. The lowest BCUT2D eigenvalue weighted by molar-refractivity contribution is -0.293. The minimum Gasteiger partial charge on any atom is -0.504 e. The Balaban J connectivity index is 1.64. The average molecular weight is 762 g/mol. The Labute approximate surface area is 269 Å². The van der Waals surface area contributed by atoms with Crippen LogP contribution in [0, 0.1) is 0 Å². The predicted octanol–water partition coefficient (Wildman–Crippen LogP) is 0.486. The van der Waals surface area contributed by atoms with Crippen LogP contribution in [0.5, 0.6) is 51.7 Å². The Bertz CT molecular complexity index is 1640. The highest BCUT2D eigenvalue weighted by molar-refractivity contribution is 14.1. The van der Waals surface area contributed by atoms with Crippen molar-refractivity contribution < 1.29 is 89.5 Å². The molecular weight excluding hydrogens is 739 g/mol. The van der Waals surface area contributed by atoms with Crippen molar-refractivity contribution in [2.75, 3.05) is 6.61 Å². The minimum absolute atomic E-state index is 0.479. The fraction of sp³-hybridized carbons (Fsp3) is 0.222. The molecule has 3 aromatic rings. The van der Waals surface area contributed by atoms with Crippen molar-refractivity contribution in [1.29, 1.82) is 0 Å². The molecule has 5 atom stereocenters. The third kappa shape index (κ3) is 6.61. The normalized spacial score (nSPS) is 22.5. The number of halogens is 1. The molecule has 18 nitrogen and oxygen atoms in total. The van der Waals surface area contributed by atoms with Crippen molar-refractivity contribution in [1.82, 2.24) is 0 Å². The molecule has 1 aliphatic rings. The number of hydrogen-bond acceptors (Lipinski definition) is 18. The molecule has 0 aliphatic carbocycles. The number of rotatable bonds is 7. The van der Waals surface area contributed by atoms with Gasteiger partial charge in [0.15, 0.2) is 64.0 Å². The summed E-state index contributed by atoms with van der Waals surface area (Å²) >= 11 is 1.24. The molecule has 0 spiro atoms. The van der Waals surface area contributed by atoms with Crippen molar-refractivity contribution in [3.63, 3.8) is 0 Å². The second-order valence-corrected chi connectivity index (χ2v) is 11.1. The molecule has 1 saturated heterocycles. The molecule has 1 aliphatic heterocycles. The van der Waals surface area contributed by atoms with E-state index in [4.69, 9.17) is 18.9 Å². The molecule has 1 heterocycles. The van der Waals surface area contributed by atoms with E-state index in [1.54, 1.807) is 0 Å². The summed E-state index contributed by atoms with van der Waals surface area (Å²) in [5, 5.41) is 109. The van der Waals surface area contributed by atoms with Gasteiger partial charge >= 0.3 is 17.9 Å². The molecule has 19 heteroatoms. The summed E-state index contributed by atoms with van der Waals surface area (Å²) in [6, 6.07) is 4.20. The average Bonchev–Trinajstić information content (AvgIpc) is 2.99. The number of aromatic hydroxyl groups is 9. The van der Waals surface area contributed by atoms with Crippen LogP contribution in [0.1, 0.15) is 31.1 Å². The number of ether oxygens (including phenoxy) is 4. The summed E-state index contributed by atoms with van der Waals surface area (Å²) in [7, 11) is 0. The van der Waals surface area contributed by atoms with Crippen LogP contribution in [0.2, 0.25) is 0 Å². The number of esters is 3. The standard InChI is InChI=1S/C27H23IO18/c28-27(46-26(42)10-5-15(33)20(37)16(34)6-10)23(39)22(44-25(41)9-3-13(31)19(36)14(32)4-9)21(38)17(45-27)7-43-24(40)8-1-11(29)18(35)12(30)2-8/h1-6,17,21-23,29-39H,7H2/t17-,21-,22+,23-,27+/m1/s1. The van der Waals surface area contributed by atoms with Crippen LogP contribution in [0.15, 0.2) is 36.4 Å². The third-order valence-corrected chi connectivity index (χ3v) is 7.58. The minimum atomic E-state index is -2.60. The Hall–Kier alpha value is -5.12. The molecular formula is C27H23IO18. The summed E-state index contributed by atoms with van der Waals surface area (Å²) in [6.45, 7) is -0.937. The van der Waals surface area contributed by atoms with Gasteiger partial charge < -0.3 is 75.1 Å². The van der Waals surface area contributed by atoms with Gasteiger partial charge in [-0.15, -0.1) is 0 Å². The van der Waals surface area contributed by atoms with Gasteiger partial charge in [-0.1, -0.05) is 0 Å². The first kappa shape index (κ1) is 33.8. The van der Waals surface area contributed by atoms with Crippen LogP contribution < -0.4 is 0 Å². The van der Waals surface area contributed by atoms with Gasteiger partial charge in [0, 0.05) is 22.6 Å². The molecule has 0 amide bonds. The second-order valence-electron chi connectivity index (χ2n) is 9.62. The van der Waals surface area contributed by atoms with Gasteiger partial charge in [0.25, 0.3) is 3.79 Å². The highest BCUT2D eigenvalue weighted by atomic mass is 127. The van der Waals surface area contributed by atoms with Crippen molar-refractivity contribution in [3.05, 3.63) is 53.1 Å². The number of alkyl halides is 1. The Morgan fingerprint density at radius 2 is 1.02 bits per heavy atom. The molecule has 3 aromatic carbocycles. The number of hydrogen-bond donors (Lipinski definition) is 11. The fourth-order valence-corrected chi connectivity index (χ4v) is 4.96.